The van der Waals surface area contributed by atoms with Gasteiger partial charge in [0.1, 0.15) is 11.3 Å². The molecule has 2 heterocycles. The first-order valence-corrected chi connectivity index (χ1v) is 10.8. The second-order valence-electron chi connectivity index (χ2n) is 7.39. The van der Waals surface area contributed by atoms with Crippen LogP contribution in [0.3, 0.4) is 0 Å². The first-order chi connectivity index (χ1) is 14.4. The van der Waals surface area contributed by atoms with Crippen molar-refractivity contribution in [2.75, 3.05) is 0 Å². The van der Waals surface area contributed by atoms with Gasteiger partial charge in [-0.25, -0.2) is 9.78 Å². The largest absolute Gasteiger partial charge is 0.508 e. The summed E-state index contributed by atoms with van der Waals surface area (Å²) in [4.78, 5) is 29.8. The fourth-order valence-corrected chi connectivity index (χ4v) is 4.65. The number of thioether (sulfide) groups is 1. The minimum Gasteiger partial charge on any atom is -0.508 e. The Morgan fingerprint density at radius 2 is 1.87 bits per heavy atom. The van der Waals surface area contributed by atoms with Crippen LogP contribution in [0.1, 0.15) is 37.9 Å². The van der Waals surface area contributed by atoms with Crippen molar-refractivity contribution in [1.29, 1.82) is 0 Å². The van der Waals surface area contributed by atoms with Crippen molar-refractivity contribution >= 4 is 33.6 Å². The van der Waals surface area contributed by atoms with Crippen molar-refractivity contribution in [3.05, 3.63) is 74.4 Å². The number of para-hydroxylation sites is 1. The highest BCUT2D eigenvalue weighted by molar-refractivity contribution is 7.98. The molecule has 6 nitrogen and oxygen atoms in total. The zero-order valence-corrected chi connectivity index (χ0v) is 17.8. The fourth-order valence-electron chi connectivity index (χ4n) is 3.53. The molecular formula is C23H22N2O4S. The molecule has 0 radical (unpaired) electrons. The SMILES string of the molecule is CCc1cc2c(CSc3nc4ccccc4c(=O)n3C(C)C)cc(=O)oc2cc1O. The van der Waals surface area contributed by atoms with Gasteiger partial charge in [0.05, 0.1) is 10.9 Å². The van der Waals surface area contributed by atoms with E-state index in [1.807, 2.05) is 45.0 Å². The van der Waals surface area contributed by atoms with Crippen molar-refractivity contribution in [3.8, 4) is 5.75 Å². The molecule has 0 atom stereocenters. The van der Waals surface area contributed by atoms with Gasteiger partial charge in [0.2, 0.25) is 0 Å². The van der Waals surface area contributed by atoms with E-state index in [2.05, 4.69) is 0 Å². The summed E-state index contributed by atoms with van der Waals surface area (Å²) in [6.45, 7) is 5.85. The summed E-state index contributed by atoms with van der Waals surface area (Å²) >= 11 is 1.41. The van der Waals surface area contributed by atoms with Crippen LogP contribution in [0, 0.1) is 0 Å². The fraction of sp³-hybridized carbons (Fsp3) is 0.261. The highest BCUT2D eigenvalue weighted by atomic mass is 32.2. The molecule has 4 aromatic rings. The maximum Gasteiger partial charge on any atom is 0.336 e. The third kappa shape index (κ3) is 3.61. The van der Waals surface area contributed by atoms with Crippen LogP contribution in [0.4, 0.5) is 0 Å². The second kappa shape index (κ2) is 7.99. The lowest BCUT2D eigenvalue weighted by Crippen LogP contribution is -2.25. The molecule has 0 fully saturated rings. The topological polar surface area (TPSA) is 85.3 Å². The highest BCUT2D eigenvalue weighted by Gasteiger charge is 2.16. The molecule has 30 heavy (non-hydrogen) atoms. The molecule has 2 aromatic heterocycles. The predicted molar refractivity (Wildman–Crippen MR) is 119 cm³/mol. The summed E-state index contributed by atoms with van der Waals surface area (Å²) in [6, 6.07) is 12.1. The van der Waals surface area contributed by atoms with Gasteiger partial charge in [0.25, 0.3) is 5.56 Å². The number of phenols is 1. The number of aromatic hydroxyl groups is 1. The number of benzene rings is 2. The lowest BCUT2D eigenvalue weighted by molar-refractivity contribution is 0.466. The van der Waals surface area contributed by atoms with Gasteiger partial charge in [-0.05, 0) is 49.6 Å². The van der Waals surface area contributed by atoms with E-state index < -0.39 is 5.63 Å². The van der Waals surface area contributed by atoms with Crippen LogP contribution < -0.4 is 11.2 Å². The molecular weight excluding hydrogens is 400 g/mol. The molecule has 0 spiro atoms. The number of phenolic OH excluding ortho intramolecular Hbond substituents is 1. The van der Waals surface area contributed by atoms with E-state index in [9.17, 15) is 14.7 Å². The van der Waals surface area contributed by atoms with Crippen LogP contribution in [0.15, 0.2) is 61.6 Å². The van der Waals surface area contributed by atoms with Crippen molar-refractivity contribution in [2.24, 2.45) is 0 Å². The van der Waals surface area contributed by atoms with E-state index in [0.717, 1.165) is 16.5 Å². The molecule has 1 N–H and O–H groups in total. The smallest absolute Gasteiger partial charge is 0.336 e. The van der Waals surface area contributed by atoms with Gasteiger partial charge in [-0.15, -0.1) is 0 Å². The Morgan fingerprint density at radius 3 is 2.60 bits per heavy atom. The average Bonchev–Trinajstić information content (AvgIpc) is 2.71. The normalized spacial score (nSPS) is 11.6. The molecule has 0 aliphatic carbocycles. The Kier molecular flexibility index (Phi) is 5.39. The van der Waals surface area contributed by atoms with E-state index in [1.54, 1.807) is 10.6 Å². The summed E-state index contributed by atoms with van der Waals surface area (Å²) < 4.78 is 6.96. The molecule has 0 amide bonds. The van der Waals surface area contributed by atoms with Crippen molar-refractivity contribution in [1.82, 2.24) is 9.55 Å². The molecule has 2 aromatic carbocycles. The van der Waals surface area contributed by atoms with Crippen molar-refractivity contribution in [3.63, 3.8) is 0 Å². The van der Waals surface area contributed by atoms with E-state index in [4.69, 9.17) is 9.40 Å². The van der Waals surface area contributed by atoms with Crippen molar-refractivity contribution in [2.45, 2.75) is 44.1 Å². The second-order valence-corrected chi connectivity index (χ2v) is 8.33. The summed E-state index contributed by atoms with van der Waals surface area (Å²) in [5.41, 5.74) is 2.01. The molecule has 0 bridgehead atoms. The zero-order valence-electron chi connectivity index (χ0n) is 17.0. The van der Waals surface area contributed by atoms with Gasteiger partial charge in [0, 0.05) is 29.3 Å². The van der Waals surface area contributed by atoms with Gasteiger partial charge in [-0.2, -0.15) is 0 Å². The highest BCUT2D eigenvalue weighted by Crippen LogP contribution is 2.31. The molecule has 0 saturated carbocycles. The van der Waals surface area contributed by atoms with Gasteiger partial charge in [-0.1, -0.05) is 30.8 Å². The molecule has 7 heteroatoms. The number of fused-ring (bicyclic) bond motifs is 2. The maximum atomic E-state index is 13.0. The minimum absolute atomic E-state index is 0.0571. The van der Waals surface area contributed by atoms with Crippen LogP contribution >= 0.6 is 11.8 Å². The van der Waals surface area contributed by atoms with Gasteiger partial charge in [-0.3, -0.25) is 9.36 Å². The standard InChI is InChI=1S/C23H22N2O4S/c1-4-14-9-17-15(10-21(27)29-20(17)11-19(14)26)12-30-23-24-18-8-6-5-7-16(18)22(28)25(23)13(2)3/h5-11,13,26H,4,12H2,1-3H3. The Morgan fingerprint density at radius 1 is 1.10 bits per heavy atom. The van der Waals surface area contributed by atoms with Gasteiger partial charge >= 0.3 is 5.63 Å². The average molecular weight is 423 g/mol. The Bertz CT molecular complexity index is 1370. The Hall–Kier alpha value is -3.06. The van der Waals surface area contributed by atoms with E-state index in [1.165, 1.54) is 23.9 Å². The minimum atomic E-state index is -0.477. The quantitative estimate of drug-likeness (QED) is 0.286. The van der Waals surface area contributed by atoms with E-state index in [0.29, 0.717) is 33.8 Å². The molecule has 0 unspecified atom stereocenters. The first kappa shape index (κ1) is 20.2. The zero-order chi connectivity index (χ0) is 21.4. The lowest BCUT2D eigenvalue weighted by Gasteiger charge is -2.16. The number of aryl methyl sites for hydroxylation is 1. The van der Waals surface area contributed by atoms with E-state index >= 15 is 0 Å². The number of aromatic nitrogens is 2. The molecule has 0 aliphatic rings. The van der Waals surface area contributed by atoms with E-state index in [-0.39, 0.29) is 17.4 Å². The predicted octanol–water partition coefficient (Wildman–Crippen LogP) is 4.64. The van der Waals surface area contributed by atoms with Gasteiger partial charge < -0.3 is 9.52 Å². The number of nitrogens with zero attached hydrogens (tertiary/aromatic N) is 2. The molecule has 0 saturated heterocycles. The number of rotatable bonds is 5. The van der Waals surface area contributed by atoms with Crippen LogP contribution in [0.25, 0.3) is 21.9 Å². The van der Waals surface area contributed by atoms with Crippen LogP contribution in [-0.4, -0.2) is 14.7 Å². The van der Waals surface area contributed by atoms with Crippen molar-refractivity contribution < 1.29 is 9.52 Å². The number of hydrogen-bond donors (Lipinski definition) is 1. The van der Waals surface area contributed by atoms with Crippen LogP contribution in [0.2, 0.25) is 0 Å². The summed E-state index contributed by atoms with van der Waals surface area (Å²) in [7, 11) is 0. The van der Waals surface area contributed by atoms with Gasteiger partial charge in [0.15, 0.2) is 5.16 Å². The number of hydrogen-bond acceptors (Lipinski definition) is 6. The first-order valence-electron chi connectivity index (χ1n) is 9.81. The summed E-state index contributed by atoms with van der Waals surface area (Å²) in [5.74, 6) is 0.552. The molecule has 4 rings (SSSR count). The Labute approximate surface area is 177 Å². The van der Waals surface area contributed by atoms with Crippen LogP contribution in [0.5, 0.6) is 5.75 Å². The molecule has 0 aliphatic heterocycles. The summed E-state index contributed by atoms with van der Waals surface area (Å²) in [5, 5.41) is 12.1. The lowest BCUT2D eigenvalue weighted by atomic mass is 10.1. The third-order valence-corrected chi connectivity index (χ3v) is 6.06. The molecule has 154 valence electrons. The third-order valence-electron chi connectivity index (χ3n) is 5.06. The maximum absolute atomic E-state index is 13.0. The van der Waals surface area contributed by atoms with Crippen LogP contribution in [-0.2, 0) is 12.2 Å². The monoisotopic (exact) mass is 422 g/mol. The Balaban J connectivity index is 1.81. The summed E-state index contributed by atoms with van der Waals surface area (Å²) in [6.07, 6.45) is 0.659.